The van der Waals surface area contributed by atoms with Crippen molar-refractivity contribution in [2.24, 2.45) is 0 Å². The number of anilines is 1. The molecule has 3 aromatic carbocycles. The lowest BCUT2D eigenvalue weighted by Crippen LogP contribution is -2.36. The van der Waals surface area contributed by atoms with Gasteiger partial charge >= 0.3 is 0 Å². The van der Waals surface area contributed by atoms with Crippen LogP contribution in [0.4, 0.5) is 14.9 Å². The molecule has 36 heavy (non-hydrogen) atoms. The highest BCUT2D eigenvalue weighted by atomic mass is 79.9. The number of hydrogen-bond donors (Lipinski definition) is 1. The average Bonchev–Trinajstić information content (AvgIpc) is 3.12. The Bertz CT molecular complexity index is 1330. The number of nitrogens with one attached hydrogen (secondary N) is 1. The maximum atomic E-state index is 13.1. The van der Waals surface area contributed by atoms with E-state index in [2.05, 4.69) is 21.2 Å². The molecule has 10 heteroatoms. The van der Waals surface area contributed by atoms with Crippen LogP contribution in [0.5, 0.6) is 11.5 Å². The third-order valence-electron chi connectivity index (χ3n) is 5.08. The SMILES string of the molecule is COc1cc(C=C2SC(=O)N(CC(=O)Nc3ccccc3)C2=O)cc(Br)c1OCc1ccc(F)cc1. The molecule has 0 aromatic heterocycles. The maximum Gasteiger partial charge on any atom is 0.294 e. The van der Waals surface area contributed by atoms with Crippen molar-refractivity contribution >= 4 is 56.5 Å². The number of carbonyl (C=O) groups excluding carboxylic acids is 3. The van der Waals surface area contributed by atoms with E-state index in [1.165, 1.54) is 19.2 Å². The van der Waals surface area contributed by atoms with E-state index in [4.69, 9.17) is 9.47 Å². The number of carbonyl (C=O) groups is 3. The molecule has 7 nitrogen and oxygen atoms in total. The van der Waals surface area contributed by atoms with E-state index in [9.17, 15) is 18.8 Å². The molecule has 0 radical (unpaired) electrons. The molecule has 0 bridgehead atoms. The van der Waals surface area contributed by atoms with Crippen molar-refractivity contribution in [1.29, 1.82) is 0 Å². The lowest BCUT2D eigenvalue weighted by atomic mass is 10.1. The minimum absolute atomic E-state index is 0.182. The molecule has 3 aromatic rings. The first-order chi connectivity index (χ1) is 17.3. The zero-order chi connectivity index (χ0) is 25.7. The zero-order valence-electron chi connectivity index (χ0n) is 19.0. The van der Waals surface area contributed by atoms with Crippen LogP contribution in [0.3, 0.4) is 0 Å². The van der Waals surface area contributed by atoms with Crippen molar-refractivity contribution in [3.05, 3.63) is 93.1 Å². The summed E-state index contributed by atoms with van der Waals surface area (Å²) in [7, 11) is 1.48. The lowest BCUT2D eigenvalue weighted by Gasteiger charge is -2.14. The van der Waals surface area contributed by atoms with E-state index in [0.29, 0.717) is 27.2 Å². The molecule has 3 amide bonds. The summed E-state index contributed by atoms with van der Waals surface area (Å²) < 4.78 is 25.0. The van der Waals surface area contributed by atoms with Crippen molar-refractivity contribution < 1.29 is 28.2 Å². The Morgan fingerprint density at radius 3 is 2.53 bits per heavy atom. The second-order valence-electron chi connectivity index (χ2n) is 7.63. The monoisotopic (exact) mass is 570 g/mol. The molecule has 184 valence electrons. The first kappa shape index (κ1) is 25.5. The summed E-state index contributed by atoms with van der Waals surface area (Å²) in [6, 6.07) is 18.1. The van der Waals surface area contributed by atoms with Gasteiger partial charge in [-0.3, -0.25) is 19.3 Å². The summed E-state index contributed by atoms with van der Waals surface area (Å²) in [5.74, 6) is -0.524. The standard InChI is InChI=1S/C26H20BrFN2O5S/c1-34-21-12-17(11-20(27)24(21)35-15-16-7-9-18(28)10-8-16)13-22-25(32)30(26(33)36-22)14-23(31)29-19-5-3-2-4-6-19/h2-13H,14-15H2,1H3,(H,29,31). The Morgan fingerprint density at radius 1 is 1.11 bits per heavy atom. The number of rotatable bonds is 8. The smallest absolute Gasteiger partial charge is 0.294 e. The van der Waals surface area contributed by atoms with Crippen molar-refractivity contribution in [3.63, 3.8) is 0 Å². The Labute approximate surface area is 219 Å². The molecule has 1 fully saturated rings. The molecule has 0 aliphatic carbocycles. The molecule has 0 atom stereocenters. The summed E-state index contributed by atoms with van der Waals surface area (Å²) >= 11 is 4.22. The summed E-state index contributed by atoms with van der Waals surface area (Å²) in [4.78, 5) is 38.7. The molecule has 0 unspecified atom stereocenters. The van der Waals surface area contributed by atoms with Crippen molar-refractivity contribution in [3.8, 4) is 11.5 Å². The fraction of sp³-hybridized carbons (Fsp3) is 0.115. The van der Waals surface area contributed by atoms with Crippen LogP contribution in [0.2, 0.25) is 0 Å². The second kappa shape index (κ2) is 11.4. The van der Waals surface area contributed by atoms with Crippen LogP contribution >= 0.6 is 27.7 Å². The van der Waals surface area contributed by atoms with Gasteiger partial charge in [-0.15, -0.1) is 0 Å². The fourth-order valence-electron chi connectivity index (χ4n) is 3.35. The van der Waals surface area contributed by atoms with Crippen LogP contribution < -0.4 is 14.8 Å². The Morgan fingerprint density at radius 2 is 1.83 bits per heavy atom. The number of amides is 3. The van der Waals surface area contributed by atoms with Gasteiger partial charge in [0.1, 0.15) is 19.0 Å². The van der Waals surface area contributed by atoms with Crippen molar-refractivity contribution in [1.82, 2.24) is 4.90 Å². The molecular weight excluding hydrogens is 551 g/mol. The Balaban J connectivity index is 1.47. The van der Waals surface area contributed by atoms with Gasteiger partial charge in [0.2, 0.25) is 5.91 Å². The average molecular weight is 571 g/mol. The van der Waals surface area contributed by atoms with Gasteiger partial charge in [-0.05, 0) is 81.3 Å². The lowest BCUT2D eigenvalue weighted by molar-refractivity contribution is -0.127. The van der Waals surface area contributed by atoms with E-state index in [1.54, 1.807) is 54.6 Å². The minimum Gasteiger partial charge on any atom is -0.493 e. The van der Waals surface area contributed by atoms with Crippen LogP contribution in [-0.2, 0) is 16.2 Å². The van der Waals surface area contributed by atoms with E-state index < -0.39 is 17.1 Å². The van der Waals surface area contributed by atoms with Gasteiger partial charge in [0.25, 0.3) is 11.1 Å². The first-order valence-corrected chi connectivity index (χ1v) is 12.3. The number of methoxy groups -OCH3 is 1. The van der Waals surface area contributed by atoms with Crippen LogP contribution in [0.25, 0.3) is 6.08 Å². The van der Waals surface area contributed by atoms with E-state index in [0.717, 1.165) is 22.2 Å². The largest absolute Gasteiger partial charge is 0.493 e. The normalized spacial score (nSPS) is 14.3. The van der Waals surface area contributed by atoms with Crippen LogP contribution in [0, 0.1) is 5.82 Å². The number of hydrogen-bond acceptors (Lipinski definition) is 6. The predicted octanol–water partition coefficient (Wildman–Crippen LogP) is 5.85. The number of thioether (sulfide) groups is 1. The fourth-order valence-corrected chi connectivity index (χ4v) is 4.77. The molecule has 4 rings (SSSR count). The molecule has 1 N–H and O–H groups in total. The second-order valence-corrected chi connectivity index (χ2v) is 9.48. The van der Waals surface area contributed by atoms with Crippen LogP contribution in [0.1, 0.15) is 11.1 Å². The number of benzene rings is 3. The summed E-state index contributed by atoms with van der Waals surface area (Å²) in [5.41, 5.74) is 1.94. The van der Waals surface area contributed by atoms with Gasteiger partial charge in [-0.25, -0.2) is 4.39 Å². The maximum absolute atomic E-state index is 13.1. The number of nitrogens with zero attached hydrogens (tertiary/aromatic N) is 1. The minimum atomic E-state index is -0.556. The Hall–Kier alpha value is -3.63. The molecule has 1 aliphatic rings. The highest BCUT2D eigenvalue weighted by Gasteiger charge is 2.36. The van der Waals surface area contributed by atoms with E-state index in [-0.39, 0.29) is 23.9 Å². The van der Waals surface area contributed by atoms with Gasteiger partial charge in [0, 0.05) is 5.69 Å². The number of para-hydroxylation sites is 1. The van der Waals surface area contributed by atoms with E-state index in [1.807, 2.05) is 6.07 Å². The third kappa shape index (κ3) is 6.13. The van der Waals surface area contributed by atoms with Crippen molar-refractivity contribution in [2.75, 3.05) is 19.0 Å². The first-order valence-electron chi connectivity index (χ1n) is 10.7. The number of ether oxygens (including phenoxy) is 2. The zero-order valence-corrected chi connectivity index (χ0v) is 21.4. The predicted molar refractivity (Wildman–Crippen MR) is 139 cm³/mol. The quantitative estimate of drug-likeness (QED) is 0.342. The topological polar surface area (TPSA) is 84.9 Å². The summed E-state index contributed by atoms with van der Waals surface area (Å²) in [6.07, 6.45) is 1.55. The van der Waals surface area contributed by atoms with Gasteiger partial charge in [0.15, 0.2) is 11.5 Å². The molecule has 1 aliphatic heterocycles. The number of imide groups is 1. The molecule has 0 saturated carbocycles. The van der Waals surface area contributed by atoms with Crippen molar-refractivity contribution in [2.45, 2.75) is 6.61 Å². The number of halogens is 2. The Kier molecular flexibility index (Phi) is 8.07. The van der Waals surface area contributed by atoms with Crippen LogP contribution in [0.15, 0.2) is 76.1 Å². The van der Waals surface area contributed by atoms with Gasteiger partial charge in [-0.2, -0.15) is 0 Å². The van der Waals surface area contributed by atoms with Gasteiger partial charge in [-0.1, -0.05) is 30.3 Å². The van der Waals surface area contributed by atoms with Gasteiger partial charge < -0.3 is 14.8 Å². The van der Waals surface area contributed by atoms with Crippen LogP contribution in [-0.4, -0.2) is 35.6 Å². The molecule has 1 saturated heterocycles. The highest BCUT2D eigenvalue weighted by molar-refractivity contribution is 9.10. The summed E-state index contributed by atoms with van der Waals surface area (Å²) in [5, 5.41) is 2.13. The third-order valence-corrected chi connectivity index (χ3v) is 6.58. The highest BCUT2D eigenvalue weighted by Crippen LogP contribution is 2.39. The molecular formula is C26H20BrFN2O5S. The molecule has 1 heterocycles. The molecule has 0 spiro atoms. The van der Waals surface area contributed by atoms with E-state index >= 15 is 0 Å². The summed E-state index contributed by atoms with van der Waals surface area (Å²) in [6.45, 7) is -0.196. The van der Waals surface area contributed by atoms with Gasteiger partial charge in [0.05, 0.1) is 16.5 Å².